The van der Waals surface area contributed by atoms with Crippen molar-refractivity contribution >= 4 is 11.6 Å². The van der Waals surface area contributed by atoms with E-state index in [2.05, 4.69) is 0 Å². The summed E-state index contributed by atoms with van der Waals surface area (Å²) in [5.41, 5.74) is -0.328. The van der Waals surface area contributed by atoms with E-state index in [0.29, 0.717) is 12.8 Å². The van der Waals surface area contributed by atoms with Crippen molar-refractivity contribution in [3.63, 3.8) is 0 Å². The Hall–Kier alpha value is -0.660. The quantitative estimate of drug-likeness (QED) is 0.656. The van der Waals surface area contributed by atoms with Gasteiger partial charge in [0.1, 0.15) is 11.6 Å². The second-order valence-corrected chi connectivity index (χ2v) is 3.64. The molecule has 0 unspecified atom stereocenters. The molecule has 0 bridgehead atoms. The Kier molecular flexibility index (Phi) is 4.79. The van der Waals surface area contributed by atoms with E-state index in [0.717, 1.165) is 0 Å². The zero-order valence-corrected chi connectivity index (χ0v) is 8.73. The van der Waals surface area contributed by atoms with Gasteiger partial charge in [0.2, 0.25) is 0 Å². The number of hydrogen-bond donors (Lipinski definition) is 0. The number of carbonyl (C=O) groups excluding carboxylic acids is 2. The molecule has 0 fully saturated rings. The summed E-state index contributed by atoms with van der Waals surface area (Å²) in [5, 5.41) is 0. The Balaban J connectivity index is 0. The highest BCUT2D eigenvalue weighted by atomic mass is 16.1. The fourth-order valence-electron chi connectivity index (χ4n) is 0.665. The summed E-state index contributed by atoms with van der Waals surface area (Å²) < 4.78 is 5.75. The van der Waals surface area contributed by atoms with Gasteiger partial charge in [-0.05, 0) is 20.3 Å². The highest BCUT2D eigenvalue weighted by Crippen LogP contribution is 2.23. The molecule has 0 aliphatic heterocycles. The van der Waals surface area contributed by atoms with Crippen molar-refractivity contribution in [2.75, 3.05) is 0 Å². The molecule has 0 aromatic heterocycles. The average molecular weight is 174 g/mol. The molecule has 2 nitrogen and oxygen atoms in total. The van der Waals surface area contributed by atoms with Gasteiger partial charge in [-0.2, -0.15) is 0 Å². The lowest BCUT2D eigenvalue weighted by atomic mass is 9.83. The van der Waals surface area contributed by atoms with Crippen LogP contribution in [0.3, 0.4) is 0 Å². The maximum absolute atomic E-state index is 11.0. The van der Waals surface area contributed by atoms with Crippen molar-refractivity contribution in [2.45, 2.75) is 47.9 Å². The van der Waals surface area contributed by atoms with Gasteiger partial charge in [0, 0.05) is 13.2 Å². The van der Waals surface area contributed by atoms with E-state index < -0.39 is 0 Å². The van der Waals surface area contributed by atoms with Crippen molar-refractivity contribution in [3.8, 4) is 0 Å². The van der Waals surface area contributed by atoms with Crippen LogP contribution in [0.25, 0.3) is 0 Å². The van der Waals surface area contributed by atoms with Crippen LogP contribution in [0.5, 0.6) is 0 Å². The summed E-state index contributed by atoms with van der Waals surface area (Å²) in [5.74, 6) is 0.304. The summed E-state index contributed by atoms with van der Waals surface area (Å²) >= 11 is 0. The van der Waals surface area contributed by atoms with Crippen LogP contribution in [0.4, 0.5) is 0 Å². The first-order chi connectivity index (χ1) is 5.86. The smallest absolute Gasteiger partial charge is 0.135 e. The van der Waals surface area contributed by atoms with Crippen LogP contribution in [0, 0.1) is 5.41 Å². The minimum absolute atomic E-state index is 0.152. The molecule has 0 spiro atoms. The first-order valence-electron chi connectivity index (χ1n) is 4.87. The zero-order valence-electron chi connectivity index (χ0n) is 9.73. The van der Waals surface area contributed by atoms with Crippen LogP contribution in [0.2, 0.25) is 0 Å². The molecule has 0 heterocycles. The third kappa shape index (κ3) is 5.05. The SMILES string of the molecule is CC(=O)CCC(C)(C)C(C)=O.[3H]C. The molecule has 0 aliphatic rings. The van der Waals surface area contributed by atoms with Gasteiger partial charge in [0.25, 0.3) is 0 Å². The summed E-state index contributed by atoms with van der Waals surface area (Å²) in [6.07, 6.45) is 1.17. The van der Waals surface area contributed by atoms with Crippen LogP contribution in [-0.2, 0) is 9.59 Å². The van der Waals surface area contributed by atoms with Gasteiger partial charge in [0.15, 0.2) is 0 Å². The van der Waals surface area contributed by atoms with E-state index in [1.54, 1.807) is 13.8 Å². The fraction of sp³-hybridized carbons (Fsp3) is 0.800. The van der Waals surface area contributed by atoms with Gasteiger partial charge in [0.05, 0.1) is 0 Å². The molecule has 0 saturated heterocycles. The normalized spacial score (nSPS) is 10.9. The van der Waals surface area contributed by atoms with E-state index in [1.807, 2.05) is 13.8 Å². The third-order valence-electron chi connectivity index (χ3n) is 2.06. The highest BCUT2D eigenvalue weighted by Gasteiger charge is 2.23. The largest absolute Gasteiger partial charge is 0.300 e. The molecular formula is C10H20O2. The molecule has 0 saturated carbocycles. The zero-order chi connectivity index (χ0) is 11.1. The van der Waals surface area contributed by atoms with Crippen LogP contribution in [0.15, 0.2) is 0 Å². The monoisotopic (exact) mass is 174 g/mol. The molecule has 0 aromatic carbocycles. The molecule has 2 heteroatoms. The standard InChI is InChI=1S/C9H16O2.CH4/c1-7(10)5-6-9(3,4)8(2)11;/h5-6H2,1-4H3;1H4/i;1T. The van der Waals surface area contributed by atoms with Crippen molar-refractivity contribution < 1.29 is 11.0 Å². The van der Waals surface area contributed by atoms with E-state index in [4.69, 9.17) is 1.37 Å². The Labute approximate surface area is 76.8 Å². The first-order valence-corrected chi connectivity index (χ1v) is 3.87. The number of rotatable bonds is 4. The predicted octanol–water partition coefficient (Wildman–Crippen LogP) is 2.61. The van der Waals surface area contributed by atoms with Crippen molar-refractivity contribution in [3.05, 3.63) is 0 Å². The molecule has 0 rings (SSSR count). The van der Waals surface area contributed by atoms with Crippen molar-refractivity contribution in [1.82, 2.24) is 0 Å². The number of Topliss-reactive ketones (excluding diaryl/α,β-unsaturated/α-hetero) is 2. The van der Waals surface area contributed by atoms with Crippen molar-refractivity contribution in [1.29, 1.82) is 0 Å². The lowest BCUT2D eigenvalue weighted by Crippen LogP contribution is -2.21. The molecule has 12 heavy (non-hydrogen) atoms. The van der Waals surface area contributed by atoms with E-state index in [9.17, 15) is 9.59 Å². The summed E-state index contributed by atoms with van der Waals surface area (Å²) in [6, 6.07) is 0. The minimum Gasteiger partial charge on any atom is -0.300 e. The predicted molar refractivity (Wildman–Crippen MR) is 51.1 cm³/mol. The number of ketones is 2. The molecule has 0 aliphatic carbocycles. The van der Waals surface area contributed by atoms with Gasteiger partial charge < -0.3 is 4.79 Å². The topological polar surface area (TPSA) is 34.1 Å². The molecular weight excluding hydrogens is 152 g/mol. The second-order valence-electron chi connectivity index (χ2n) is 3.64. The summed E-state index contributed by atoms with van der Waals surface area (Å²) in [7, 11) is 1.25. The minimum atomic E-state index is -0.328. The molecule has 0 N–H and O–H groups in total. The Bertz CT molecular complexity index is 174. The van der Waals surface area contributed by atoms with Gasteiger partial charge in [-0.15, -0.1) is 0 Å². The van der Waals surface area contributed by atoms with E-state index >= 15 is 0 Å². The lowest BCUT2D eigenvalue weighted by molar-refractivity contribution is -0.125. The first kappa shape index (κ1) is 11.3. The van der Waals surface area contributed by atoms with Crippen molar-refractivity contribution in [2.24, 2.45) is 5.41 Å². The van der Waals surface area contributed by atoms with Gasteiger partial charge in [-0.3, -0.25) is 4.79 Å². The summed E-state index contributed by atoms with van der Waals surface area (Å²) in [6.45, 7) is 6.87. The molecule has 0 atom stereocenters. The maximum Gasteiger partial charge on any atom is 0.135 e. The maximum atomic E-state index is 11.0. The average Bonchev–Trinajstić information content (AvgIpc) is 2.05. The van der Waals surface area contributed by atoms with Gasteiger partial charge in [-0.1, -0.05) is 21.3 Å². The highest BCUT2D eigenvalue weighted by molar-refractivity contribution is 5.82. The second kappa shape index (κ2) is 5.07. The number of hydrogen-bond acceptors (Lipinski definition) is 2. The molecule has 0 radical (unpaired) electrons. The van der Waals surface area contributed by atoms with Crippen LogP contribution >= 0.6 is 0 Å². The Morgan fingerprint density at radius 2 is 1.75 bits per heavy atom. The summed E-state index contributed by atoms with van der Waals surface area (Å²) in [4.78, 5) is 21.6. The van der Waals surface area contributed by atoms with Crippen LogP contribution in [0.1, 0.15) is 49.3 Å². The molecule has 0 aromatic rings. The third-order valence-corrected chi connectivity index (χ3v) is 2.06. The van der Waals surface area contributed by atoms with E-state index in [-0.39, 0.29) is 17.0 Å². The van der Waals surface area contributed by atoms with Crippen LogP contribution in [-0.4, -0.2) is 11.6 Å². The number of carbonyl (C=O) groups is 2. The van der Waals surface area contributed by atoms with Gasteiger partial charge >= 0.3 is 0 Å². The van der Waals surface area contributed by atoms with E-state index in [1.165, 1.54) is 7.40 Å². The molecule has 72 valence electrons. The lowest BCUT2D eigenvalue weighted by Gasteiger charge is -2.19. The fourth-order valence-corrected chi connectivity index (χ4v) is 0.665. The Morgan fingerprint density at radius 3 is 2.00 bits per heavy atom. The Morgan fingerprint density at radius 1 is 1.33 bits per heavy atom. The molecule has 0 amide bonds. The van der Waals surface area contributed by atoms with Gasteiger partial charge in [-0.25, -0.2) is 0 Å². The van der Waals surface area contributed by atoms with Crippen LogP contribution < -0.4 is 0 Å².